The number of methoxy groups -OCH3 is 1. The van der Waals surface area contributed by atoms with Gasteiger partial charge < -0.3 is 15.2 Å². The summed E-state index contributed by atoms with van der Waals surface area (Å²) in [5.74, 6) is -0.887. The van der Waals surface area contributed by atoms with Gasteiger partial charge in [0.25, 0.3) is 0 Å². The quantitative estimate of drug-likeness (QED) is 0.545. The van der Waals surface area contributed by atoms with Crippen LogP contribution < -0.4 is 5.32 Å². The molecule has 2 aliphatic rings. The summed E-state index contributed by atoms with van der Waals surface area (Å²) in [5.41, 5.74) is 3.44. The number of rotatable bonds is 3. The standard InChI is InChI=1S/C21H18BrNO4/c1-27-21(26)12-7-5-11(6-8-12)18-15-4-2-3-14(15)16-9-13(22)10-17(20(24)25)19(16)23-18/h2-3,5-10,14-15,18,23H,4H2,1H3,(H,24,25)/t14?,15?,18-/m1/s1. The molecule has 1 heterocycles. The second-order valence-corrected chi connectivity index (χ2v) is 7.73. The molecule has 6 heteroatoms. The van der Waals surface area contributed by atoms with Crippen LogP contribution in [0.15, 0.2) is 53.0 Å². The van der Waals surface area contributed by atoms with Gasteiger partial charge >= 0.3 is 11.9 Å². The number of carbonyl (C=O) groups is 2. The predicted octanol–water partition coefficient (Wildman–Crippen LogP) is 4.76. The first-order valence-electron chi connectivity index (χ1n) is 8.68. The lowest BCUT2D eigenvalue weighted by molar-refractivity contribution is 0.0599. The van der Waals surface area contributed by atoms with Crippen LogP contribution in [0.5, 0.6) is 0 Å². The Kier molecular flexibility index (Phi) is 4.52. The SMILES string of the molecule is COC(=O)c1ccc([C@H]2Nc3c(C(=O)O)cc(Br)cc3C3C=CCC32)cc1. The number of allylic oxidation sites excluding steroid dienone is 2. The monoisotopic (exact) mass is 427 g/mol. The van der Waals surface area contributed by atoms with Crippen LogP contribution in [0, 0.1) is 5.92 Å². The van der Waals surface area contributed by atoms with Gasteiger partial charge in [-0.15, -0.1) is 0 Å². The van der Waals surface area contributed by atoms with Gasteiger partial charge in [0.15, 0.2) is 0 Å². The lowest BCUT2D eigenvalue weighted by Gasteiger charge is -2.38. The van der Waals surface area contributed by atoms with E-state index >= 15 is 0 Å². The molecule has 0 fully saturated rings. The number of ether oxygens (including phenoxy) is 1. The second-order valence-electron chi connectivity index (χ2n) is 6.81. The van der Waals surface area contributed by atoms with Crippen LogP contribution >= 0.6 is 15.9 Å². The van der Waals surface area contributed by atoms with E-state index in [9.17, 15) is 14.7 Å². The minimum Gasteiger partial charge on any atom is -0.478 e. The molecule has 1 aliphatic heterocycles. The van der Waals surface area contributed by atoms with Crippen LogP contribution in [0.1, 0.15) is 50.2 Å². The summed E-state index contributed by atoms with van der Waals surface area (Å²) in [7, 11) is 1.36. The number of halogens is 1. The van der Waals surface area contributed by atoms with Gasteiger partial charge in [0, 0.05) is 10.4 Å². The van der Waals surface area contributed by atoms with Crippen molar-refractivity contribution in [2.75, 3.05) is 12.4 Å². The van der Waals surface area contributed by atoms with E-state index in [1.165, 1.54) is 7.11 Å². The third-order valence-corrected chi connectivity index (χ3v) is 5.81. The Morgan fingerprint density at radius 2 is 1.96 bits per heavy atom. The fourth-order valence-corrected chi connectivity index (χ4v) is 4.58. The molecular weight excluding hydrogens is 410 g/mol. The van der Waals surface area contributed by atoms with Crippen molar-refractivity contribution >= 4 is 33.6 Å². The van der Waals surface area contributed by atoms with Gasteiger partial charge in [-0.2, -0.15) is 0 Å². The molecule has 1 aliphatic carbocycles. The number of benzene rings is 2. The lowest BCUT2D eigenvalue weighted by atomic mass is 9.76. The summed E-state index contributed by atoms with van der Waals surface area (Å²) in [5, 5.41) is 13.1. The number of carboxylic acid groups (broad SMARTS) is 1. The summed E-state index contributed by atoms with van der Waals surface area (Å²) in [6.07, 6.45) is 5.23. The minimum atomic E-state index is -0.958. The average molecular weight is 428 g/mol. The van der Waals surface area contributed by atoms with Crippen molar-refractivity contribution in [1.82, 2.24) is 0 Å². The van der Waals surface area contributed by atoms with Crippen molar-refractivity contribution in [2.24, 2.45) is 5.92 Å². The molecule has 5 nitrogen and oxygen atoms in total. The summed E-state index contributed by atoms with van der Waals surface area (Å²) in [6, 6.07) is 10.9. The maximum Gasteiger partial charge on any atom is 0.337 e. The van der Waals surface area contributed by atoms with E-state index in [1.807, 2.05) is 18.2 Å². The first-order chi connectivity index (χ1) is 13.0. The van der Waals surface area contributed by atoms with Crippen LogP contribution in [0.25, 0.3) is 0 Å². The van der Waals surface area contributed by atoms with Crippen LogP contribution in [-0.2, 0) is 4.74 Å². The van der Waals surface area contributed by atoms with E-state index in [-0.39, 0.29) is 29.4 Å². The molecule has 2 N–H and O–H groups in total. The van der Waals surface area contributed by atoms with E-state index in [2.05, 4.69) is 33.4 Å². The zero-order valence-corrected chi connectivity index (χ0v) is 16.2. The third-order valence-electron chi connectivity index (χ3n) is 5.35. The number of esters is 1. The van der Waals surface area contributed by atoms with Crippen molar-refractivity contribution < 1.29 is 19.4 Å². The maximum atomic E-state index is 11.8. The Morgan fingerprint density at radius 1 is 1.22 bits per heavy atom. The molecular formula is C21H18BrNO4. The Bertz CT molecular complexity index is 951. The zero-order valence-electron chi connectivity index (χ0n) is 14.6. The van der Waals surface area contributed by atoms with Crippen LogP contribution in [0.4, 0.5) is 5.69 Å². The van der Waals surface area contributed by atoms with Crippen molar-refractivity contribution in [1.29, 1.82) is 0 Å². The van der Waals surface area contributed by atoms with Gasteiger partial charge in [0.1, 0.15) is 0 Å². The summed E-state index contributed by atoms with van der Waals surface area (Å²) in [6.45, 7) is 0. The van der Waals surface area contributed by atoms with Crippen LogP contribution in [-0.4, -0.2) is 24.2 Å². The number of hydrogen-bond acceptors (Lipinski definition) is 4. The van der Waals surface area contributed by atoms with Gasteiger partial charge in [-0.25, -0.2) is 9.59 Å². The molecule has 0 spiro atoms. The largest absolute Gasteiger partial charge is 0.478 e. The highest BCUT2D eigenvalue weighted by Gasteiger charge is 2.39. The van der Waals surface area contributed by atoms with E-state index in [4.69, 9.17) is 4.74 Å². The van der Waals surface area contributed by atoms with Gasteiger partial charge in [0.05, 0.1) is 30.0 Å². The highest BCUT2D eigenvalue weighted by molar-refractivity contribution is 9.10. The number of nitrogens with one attached hydrogen (secondary N) is 1. The molecule has 2 aromatic carbocycles. The molecule has 0 bridgehead atoms. The summed E-state index contributed by atoms with van der Waals surface area (Å²) < 4.78 is 5.52. The molecule has 2 aromatic rings. The molecule has 0 saturated heterocycles. The highest BCUT2D eigenvalue weighted by atomic mass is 79.9. The minimum absolute atomic E-state index is 0.0385. The van der Waals surface area contributed by atoms with E-state index in [1.54, 1.807) is 18.2 Å². The highest BCUT2D eigenvalue weighted by Crippen LogP contribution is 2.51. The number of carboxylic acids is 1. The average Bonchev–Trinajstić information content (AvgIpc) is 3.16. The third kappa shape index (κ3) is 3.04. The molecule has 0 aromatic heterocycles. The fraction of sp³-hybridized carbons (Fsp3) is 0.238. The van der Waals surface area contributed by atoms with Crippen molar-refractivity contribution in [3.63, 3.8) is 0 Å². The molecule has 0 amide bonds. The molecule has 138 valence electrons. The fourth-order valence-electron chi connectivity index (χ4n) is 4.11. The van der Waals surface area contributed by atoms with Crippen molar-refractivity contribution in [2.45, 2.75) is 18.4 Å². The Balaban J connectivity index is 1.77. The topological polar surface area (TPSA) is 75.6 Å². The van der Waals surface area contributed by atoms with Gasteiger partial charge in [0.2, 0.25) is 0 Å². The Labute approximate surface area is 165 Å². The van der Waals surface area contributed by atoms with Crippen molar-refractivity contribution in [3.05, 3.63) is 75.3 Å². The zero-order chi connectivity index (χ0) is 19.1. The predicted molar refractivity (Wildman–Crippen MR) is 105 cm³/mol. The van der Waals surface area contributed by atoms with Crippen molar-refractivity contribution in [3.8, 4) is 0 Å². The molecule has 0 radical (unpaired) electrons. The number of anilines is 1. The van der Waals surface area contributed by atoms with E-state index in [0.717, 1.165) is 22.0 Å². The molecule has 3 atom stereocenters. The molecule has 4 rings (SSSR count). The first-order valence-corrected chi connectivity index (χ1v) is 9.47. The number of aromatic carboxylic acids is 1. The van der Waals surface area contributed by atoms with Crippen LogP contribution in [0.3, 0.4) is 0 Å². The van der Waals surface area contributed by atoms with E-state index < -0.39 is 5.97 Å². The first kappa shape index (κ1) is 17.8. The Morgan fingerprint density at radius 3 is 2.63 bits per heavy atom. The molecule has 27 heavy (non-hydrogen) atoms. The smallest absolute Gasteiger partial charge is 0.337 e. The van der Waals surface area contributed by atoms with E-state index in [0.29, 0.717) is 11.3 Å². The number of hydrogen-bond donors (Lipinski definition) is 2. The number of fused-ring (bicyclic) bond motifs is 3. The molecule has 0 saturated carbocycles. The molecule has 2 unspecified atom stereocenters. The van der Waals surface area contributed by atoms with Gasteiger partial charge in [-0.05, 0) is 47.7 Å². The normalized spacial score (nSPS) is 22.5. The summed E-state index contributed by atoms with van der Waals surface area (Å²) in [4.78, 5) is 23.5. The summed E-state index contributed by atoms with van der Waals surface area (Å²) >= 11 is 3.44. The maximum absolute atomic E-state index is 11.8. The lowest BCUT2D eigenvalue weighted by Crippen LogP contribution is -2.30. The second kappa shape index (κ2) is 6.85. The van der Waals surface area contributed by atoms with Gasteiger partial charge in [-0.1, -0.05) is 40.2 Å². The number of carbonyl (C=O) groups excluding carboxylic acids is 1. The van der Waals surface area contributed by atoms with Gasteiger partial charge in [-0.3, -0.25) is 0 Å². The van der Waals surface area contributed by atoms with Crippen LogP contribution in [0.2, 0.25) is 0 Å². The Hall–Kier alpha value is -2.60.